The summed E-state index contributed by atoms with van der Waals surface area (Å²) in [7, 11) is 3.59. The van der Waals surface area contributed by atoms with Gasteiger partial charge in [0.15, 0.2) is 0 Å². The Balaban J connectivity index is 2.51. The van der Waals surface area contributed by atoms with Crippen LogP contribution < -0.4 is 0 Å². The SMILES string of the molecule is CCC[C@H](C(=O)OC)N1CCN(C)CC1. The Morgan fingerprint density at radius 1 is 1.33 bits per heavy atom. The molecule has 1 heterocycles. The minimum Gasteiger partial charge on any atom is -0.468 e. The van der Waals surface area contributed by atoms with Gasteiger partial charge in [-0.15, -0.1) is 0 Å². The molecule has 0 spiro atoms. The molecule has 0 unspecified atom stereocenters. The summed E-state index contributed by atoms with van der Waals surface area (Å²) >= 11 is 0. The third-order valence-corrected chi connectivity index (χ3v) is 3.01. The van der Waals surface area contributed by atoms with Gasteiger partial charge in [-0.2, -0.15) is 0 Å². The smallest absolute Gasteiger partial charge is 0.323 e. The molecule has 0 aromatic rings. The summed E-state index contributed by atoms with van der Waals surface area (Å²) in [5.74, 6) is -0.0820. The number of piperazine rings is 1. The second-order valence-corrected chi connectivity index (χ2v) is 4.17. The van der Waals surface area contributed by atoms with Crippen LogP contribution in [0.15, 0.2) is 0 Å². The molecule has 1 atom stereocenters. The minimum absolute atomic E-state index is 0.0336. The highest BCUT2D eigenvalue weighted by molar-refractivity contribution is 5.75. The molecule has 88 valence electrons. The minimum atomic E-state index is -0.0820. The number of carbonyl (C=O) groups is 1. The van der Waals surface area contributed by atoms with Gasteiger partial charge >= 0.3 is 5.97 Å². The quantitative estimate of drug-likeness (QED) is 0.641. The number of esters is 1. The number of hydrogen-bond donors (Lipinski definition) is 0. The Morgan fingerprint density at radius 3 is 2.40 bits per heavy atom. The van der Waals surface area contributed by atoms with Gasteiger partial charge in [0.2, 0.25) is 0 Å². The fourth-order valence-electron chi connectivity index (χ4n) is 1.99. The van der Waals surface area contributed by atoms with Crippen LogP contribution in [0.25, 0.3) is 0 Å². The van der Waals surface area contributed by atoms with Gasteiger partial charge in [-0.25, -0.2) is 0 Å². The topological polar surface area (TPSA) is 32.8 Å². The van der Waals surface area contributed by atoms with Gasteiger partial charge in [0.25, 0.3) is 0 Å². The average molecular weight is 214 g/mol. The normalized spacial score (nSPS) is 21.3. The van der Waals surface area contributed by atoms with E-state index in [2.05, 4.69) is 23.8 Å². The first kappa shape index (κ1) is 12.5. The lowest BCUT2D eigenvalue weighted by Gasteiger charge is -2.36. The molecule has 1 aliphatic rings. The molecule has 0 radical (unpaired) electrons. The maximum Gasteiger partial charge on any atom is 0.323 e. The Bertz CT molecular complexity index is 201. The molecule has 0 bridgehead atoms. The Kier molecular flexibility index (Phi) is 5.05. The number of nitrogens with zero attached hydrogens (tertiary/aromatic N) is 2. The maximum atomic E-state index is 11.6. The molecule has 4 heteroatoms. The van der Waals surface area contributed by atoms with Crippen LogP contribution in [0.4, 0.5) is 0 Å². The largest absolute Gasteiger partial charge is 0.468 e. The fraction of sp³-hybridized carbons (Fsp3) is 0.909. The number of hydrogen-bond acceptors (Lipinski definition) is 4. The maximum absolute atomic E-state index is 11.6. The zero-order valence-electron chi connectivity index (χ0n) is 10.0. The number of ether oxygens (including phenoxy) is 1. The standard InChI is InChI=1S/C11H22N2O2/c1-4-5-10(11(14)15-3)13-8-6-12(2)7-9-13/h10H,4-9H2,1-3H3/t10-/m1/s1. The molecule has 1 fully saturated rings. The second kappa shape index (κ2) is 6.08. The van der Waals surface area contributed by atoms with E-state index < -0.39 is 0 Å². The van der Waals surface area contributed by atoms with Crippen LogP contribution in [0.3, 0.4) is 0 Å². The van der Waals surface area contributed by atoms with Crippen molar-refractivity contribution in [3.05, 3.63) is 0 Å². The van der Waals surface area contributed by atoms with Crippen LogP contribution in [0, 0.1) is 0 Å². The van der Waals surface area contributed by atoms with E-state index >= 15 is 0 Å². The van der Waals surface area contributed by atoms with Crippen molar-refractivity contribution >= 4 is 5.97 Å². The molecule has 0 aromatic carbocycles. The summed E-state index contributed by atoms with van der Waals surface area (Å²) in [4.78, 5) is 16.1. The Hall–Kier alpha value is -0.610. The van der Waals surface area contributed by atoms with Crippen molar-refractivity contribution in [2.75, 3.05) is 40.3 Å². The van der Waals surface area contributed by atoms with Crippen LogP contribution in [0.1, 0.15) is 19.8 Å². The third-order valence-electron chi connectivity index (χ3n) is 3.01. The Labute approximate surface area is 92.2 Å². The van der Waals surface area contributed by atoms with Crippen LogP contribution in [-0.2, 0) is 9.53 Å². The lowest BCUT2D eigenvalue weighted by molar-refractivity contribution is -0.148. The average Bonchev–Trinajstić information content (AvgIpc) is 2.26. The first-order valence-corrected chi connectivity index (χ1v) is 5.69. The van der Waals surface area contributed by atoms with E-state index in [0.29, 0.717) is 0 Å². The molecule has 1 aliphatic heterocycles. The van der Waals surface area contributed by atoms with E-state index in [1.165, 1.54) is 7.11 Å². The third kappa shape index (κ3) is 3.47. The molecule has 15 heavy (non-hydrogen) atoms. The van der Waals surface area contributed by atoms with Crippen LogP contribution >= 0.6 is 0 Å². The van der Waals surface area contributed by atoms with Crippen molar-refractivity contribution in [1.29, 1.82) is 0 Å². The van der Waals surface area contributed by atoms with E-state index in [1.54, 1.807) is 0 Å². The lowest BCUT2D eigenvalue weighted by atomic mass is 10.1. The molecule has 0 aromatic heterocycles. The van der Waals surface area contributed by atoms with Crippen molar-refractivity contribution in [1.82, 2.24) is 9.80 Å². The van der Waals surface area contributed by atoms with E-state index in [9.17, 15) is 4.79 Å². The van der Waals surface area contributed by atoms with Crippen LogP contribution in [0.2, 0.25) is 0 Å². The molecule has 1 rings (SSSR count). The first-order chi connectivity index (χ1) is 7.19. The first-order valence-electron chi connectivity index (χ1n) is 5.69. The van der Waals surface area contributed by atoms with E-state index in [1.807, 2.05) is 0 Å². The molecule has 0 N–H and O–H groups in total. The number of likely N-dealkylation sites (N-methyl/N-ethyl adjacent to an activating group) is 1. The lowest BCUT2D eigenvalue weighted by Crippen LogP contribution is -2.51. The highest BCUT2D eigenvalue weighted by atomic mass is 16.5. The van der Waals surface area contributed by atoms with Crippen molar-refractivity contribution in [2.45, 2.75) is 25.8 Å². The van der Waals surface area contributed by atoms with Gasteiger partial charge in [0.05, 0.1) is 7.11 Å². The van der Waals surface area contributed by atoms with E-state index in [0.717, 1.165) is 39.0 Å². The van der Waals surface area contributed by atoms with Gasteiger partial charge in [0, 0.05) is 26.2 Å². The van der Waals surface area contributed by atoms with Crippen molar-refractivity contribution < 1.29 is 9.53 Å². The van der Waals surface area contributed by atoms with Gasteiger partial charge in [-0.3, -0.25) is 9.69 Å². The number of rotatable bonds is 4. The zero-order chi connectivity index (χ0) is 11.3. The predicted molar refractivity (Wildman–Crippen MR) is 59.8 cm³/mol. The highest BCUT2D eigenvalue weighted by Gasteiger charge is 2.27. The molecular formula is C11H22N2O2. The van der Waals surface area contributed by atoms with Crippen LogP contribution in [-0.4, -0.2) is 62.1 Å². The van der Waals surface area contributed by atoms with Gasteiger partial charge in [0.1, 0.15) is 6.04 Å². The monoisotopic (exact) mass is 214 g/mol. The predicted octanol–water partition coefficient (Wildman–Crippen LogP) is 0.575. The van der Waals surface area contributed by atoms with Crippen molar-refractivity contribution in [2.24, 2.45) is 0 Å². The molecule has 4 nitrogen and oxygen atoms in total. The Morgan fingerprint density at radius 2 is 1.93 bits per heavy atom. The summed E-state index contributed by atoms with van der Waals surface area (Å²) in [5, 5.41) is 0. The van der Waals surface area contributed by atoms with E-state index in [-0.39, 0.29) is 12.0 Å². The van der Waals surface area contributed by atoms with Crippen molar-refractivity contribution in [3.8, 4) is 0 Å². The number of carbonyl (C=O) groups excluding carboxylic acids is 1. The van der Waals surface area contributed by atoms with Gasteiger partial charge in [-0.1, -0.05) is 13.3 Å². The summed E-state index contributed by atoms with van der Waals surface area (Å²) in [5.41, 5.74) is 0. The van der Waals surface area contributed by atoms with Gasteiger partial charge in [-0.05, 0) is 13.5 Å². The zero-order valence-corrected chi connectivity index (χ0v) is 10.0. The van der Waals surface area contributed by atoms with Crippen molar-refractivity contribution in [3.63, 3.8) is 0 Å². The molecule has 0 saturated carbocycles. The summed E-state index contributed by atoms with van der Waals surface area (Å²) in [6.07, 6.45) is 1.92. The number of methoxy groups -OCH3 is 1. The second-order valence-electron chi connectivity index (χ2n) is 4.17. The molecule has 1 saturated heterocycles. The summed E-state index contributed by atoms with van der Waals surface area (Å²) < 4.78 is 4.85. The van der Waals surface area contributed by atoms with E-state index in [4.69, 9.17) is 4.74 Å². The fourth-order valence-corrected chi connectivity index (χ4v) is 1.99. The summed E-state index contributed by atoms with van der Waals surface area (Å²) in [6, 6.07) is -0.0336. The summed E-state index contributed by atoms with van der Waals surface area (Å²) in [6.45, 7) is 6.12. The molecule has 0 amide bonds. The van der Waals surface area contributed by atoms with Gasteiger partial charge < -0.3 is 9.64 Å². The van der Waals surface area contributed by atoms with Crippen LogP contribution in [0.5, 0.6) is 0 Å². The highest BCUT2D eigenvalue weighted by Crippen LogP contribution is 2.11. The molecule has 0 aliphatic carbocycles. The molecular weight excluding hydrogens is 192 g/mol.